The molecule has 1 aliphatic rings. The zero-order valence-electron chi connectivity index (χ0n) is 13.3. The van der Waals surface area contributed by atoms with Gasteiger partial charge in [0, 0.05) is 34.2 Å². The van der Waals surface area contributed by atoms with Gasteiger partial charge in [0.2, 0.25) is 0 Å². The molecule has 118 valence electrons. The van der Waals surface area contributed by atoms with Crippen molar-refractivity contribution in [1.29, 1.82) is 0 Å². The molecule has 0 aliphatic heterocycles. The molecule has 0 bridgehead atoms. The third-order valence-corrected chi connectivity index (χ3v) is 5.08. The number of halogens is 1. The Hall–Kier alpha value is -1.77. The van der Waals surface area contributed by atoms with E-state index in [2.05, 4.69) is 47.6 Å². The highest BCUT2D eigenvalue weighted by atomic mass is 35.5. The van der Waals surface area contributed by atoms with Crippen LogP contribution in [0.4, 0.5) is 0 Å². The molecular weight excluding hydrogens is 304 g/mol. The van der Waals surface area contributed by atoms with Crippen molar-refractivity contribution in [3.8, 4) is 0 Å². The number of benzene rings is 2. The van der Waals surface area contributed by atoms with E-state index < -0.39 is 0 Å². The van der Waals surface area contributed by atoms with E-state index in [1.807, 2.05) is 12.1 Å². The molecular formula is C20H21ClN2. The number of aromatic nitrogens is 1. The first-order valence-electron chi connectivity index (χ1n) is 8.29. The molecule has 1 heterocycles. The Labute approximate surface area is 141 Å². The fraction of sp³-hybridized carbons (Fsp3) is 0.300. The molecule has 1 atom stereocenters. The van der Waals surface area contributed by atoms with Crippen molar-refractivity contribution in [1.82, 2.24) is 10.3 Å². The first-order valence-corrected chi connectivity index (χ1v) is 8.67. The summed E-state index contributed by atoms with van der Waals surface area (Å²) in [6.45, 7) is 3.04. The number of hydrogen-bond acceptors (Lipinski definition) is 1. The summed E-state index contributed by atoms with van der Waals surface area (Å²) in [5, 5.41) is 5.91. The van der Waals surface area contributed by atoms with Gasteiger partial charge in [0.05, 0.1) is 0 Å². The highest BCUT2D eigenvalue weighted by molar-refractivity contribution is 6.30. The van der Waals surface area contributed by atoms with Gasteiger partial charge in [-0.2, -0.15) is 0 Å². The molecule has 23 heavy (non-hydrogen) atoms. The quantitative estimate of drug-likeness (QED) is 0.672. The fourth-order valence-corrected chi connectivity index (χ4v) is 3.75. The Balaban J connectivity index is 1.60. The van der Waals surface area contributed by atoms with Gasteiger partial charge in [-0.05, 0) is 61.6 Å². The molecule has 0 saturated carbocycles. The van der Waals surface area contributed by atoms with Gasteiger partial charge >= 0.3 is 0 Å². The van der Waals surface area contributed by atoms with Gasteiger partial charge < -0.3 is 10.3 Å². The van der Waals surface area contributed by atoms with Crippen LogP contribution in [0.25, 0.3) is 10.9 Å². The smallest absolute Gasteiger partial charge is 0.0478 e. The maximum atomic E-state index is 5.96. The molecule has 3 aromatic rings. The predicted octanol–water partition coefficient (Wildman–Crippen LogP) is 5.30. The number of aryl methyl sites for hydroxylation is 2. The van der Waals surface area contributed by atoms with Crippen LogP contribution in [0, 0.1) is 6.92 Å². The lowest BCUT2D eigenvalue weighted by Crippen LogP contribution is -2.24. The molecule has 2 nitrogen and oxygen atoms in total. The van der Waals surface area contributed by atoms with Crippen LogP contribution < -0.4 is 5.32 Å². The van der Waals surface area contributed by atoms with Crippen LogP contribution in [0.1, 0.15) is 41.3 Å². The summed E-state index contributed by atoms with van der Waals surface area (Å²) in [5.41, 5.74) is 6.75. The lowest BCUT2D eigenvalue weighted by atomic mass is 9.91. The second-order valence-electron chi connectivity index (χ2n) is 6.52. The molecule has 2 N–H and O–H groups in total. The Morgan fingerprint density at radius 2 is 2.00 bits per heavy atom. The lowest BCUT2D eigenvalue weighted by molar-refractivity contribution is 0.452. The standard InChI is InChI=1S/C20H21ClN2/c1-13-5-10-18-17(11-13)16-3-2-4-19(20(16)23-18)22-12-14-6-8-15(21)9-7-14/h5-11,19,22-23H,2-4,12H2,1H3. The number of fused-ring (bicyclic) bond motifs is 3. The van der Waals surface area contributed by atoms with E-state index in [0.717, 1.165) is 11.6 Å². The topological polar surface area (TPSA) is 27.8 Å². The van der Waals surface area contributed by atoms with E-state index in [1.54, 1.807) is 0 Å². The van der Waals surface area contributed by atoms with Crippen molar-refractivity contribution in [2.45, 2.75) is 38.8 Å². The van der Waals surface area contributed by atoms with E-state index in [0.29, 0.717) is 6.04 Å². The number of rotatable bonds is 3. The van der Waals surface area contributed by atoms with Gasteiger partial charge in [-0.15, -0.1) is 0 Å². The van der Waals surface area contributed by atoms with Crippen LogP contribution in [0.5, 0.6) is 0 Å². The molecule has 3 heteroatoms. The Morgan fingerprint density at radius 1 is 1.17 bits per heavy atom. The molecule has 0 saturated heterocycles. The molecule has 1 unspecified atom stereocenters. The monoisotopic (exact) mass is 324 g/mol. The Bertz CT molecular complexity index is 833. The third-order valence-electron chi connectivity index (χ3n) is 4.83. The number of nitrogens with one attached hydrogen (secondary N) is 2. The molecule has 0 radical (unpaired) electrons. The average molecular weight is 325 g/mol. The predicted molar refractivity (Wildman–Crippen MR) is 97.0 cm³/mol. The molecule has 4 rings (SSSR count). The lowest BCUT2D eigenvalue weighted by Gasteiger charge is -2.24. The minimum Gasteiger partial charge on any atom is -0.357 e. The zero-order valence-corrected chi connectivity index (χ0v) is 14.1. The van der Waals surface area contributed by atoms with Crippen molar-refractivity contribution in [2.24, 2.45) is 0 Å². The molecule has 0 fully saturated rings. The van der Waals surface area contributed by atoms with Crippen molar-refractivity contribution in [3.63, 3.8) is 0 Å². The second kappa shape index (κ2) is 6.03. The van der Waals surface area contributed by atoms with Crippen LogP contribution in [0.15, 0.2) is 42.5 Å². The van der Waals surface area contributed by atoms with Crippen molar-refractivity contribution in [3.05, 3.63) is 69.9 Å². The Kier molecular flexibility index (Phi) is 3.88. The van der Waals surface area contributed by atoms with E-state index >= 15 is 0 Å². The van der Waals surface area contributed by atoms with Crippen molar-refractivity contribution < 1.29 is 0 Å². The van der Waals surface area contributed by atoms with E-state index in [1.165, 1.54) is 52.5 Å². The Morgan fingerprint density at radius 3 is 2.83 bits per heavy atom. The first-order chi connectivity index (χ1) is 11.2. The zero-order chi connectivity index (χ0) is 15.8. The molecule has 2 aromatic carbocycles. The van der Waals surface area contributed by atoms with Crippen LogP contribution in [-0.4, -0.2) is 4.98 Å². The molecule has 1 aromatic heterocycles. The van der Waals surface area contributed by atoms with Gasteiger partial charge in [0.25, 0.3) is 0 Å². The van der Waals surface area contributed by atoms with Crippen LogP contribution in [-0.2, 0) is 13.0 Å². The van der Waals surface area contributed by atoms with Gasteiger partial charge in [-0.1, -0.05) is 35.4 Å². The summed E-state index contributed by atoms with van der Waals surface area (Å²) >= 11 is 5.96. The first kappa shape index (κ1) is 14.8. The molecule has 0 spiro atoms. The van der Waals surface area contributed by atoms with Gasteiger partial charge in [-0.25, -0.2) is 0 Å². The van der Waals surface area contributed by atoms with Gasteiger partial charge in [-0.3, -0.25) is 0 Å². The normalized spacial score (nSPS) is 17.4. The SMILES string of the molecule is Cc1ccc2[nH]c3c(c2c1)CCCC3NCc1ccc(Cl)cc1. The molecule has 1 aliphatic carbocycles. The number of H-pyrrole nitrogens is 1. The summed E-state index contributed by atoms with van der Waals surface area (Å²) in [7, 11) is 0. The van der Waals surface area contributed by atoms with E-state index in [9.17, 15) is 0 Å². The highest BCUT2D eigenvalue weighted by Gasteiger charge is 2.23. The summed E-state index contributed by atoms with van der Waals surface area (Å²) in [6, 6.07) is 15.2. The number of hydrogen-bond donors (Lipinski definition) is 2. The third kappa shape index (κ3) is 2.89. The van der Waals surface area contributed by atoms with Crippen molar-refractivity contribution >= 4 is 22.5 Å². The maximum absolute atomic E-state index is 5.96. The van der Waals surface area contributed by atoms with Gasteiger partial charge in [0.1, 0.15) is 0 Å². The van der Waals surface area contributed by atoms with E-state index in [4.69, 9.17) is 11.6 Å². The van der Waals surface area contributed by atoms with Crippen LogP contribution in [0.2, 0.25) is 5.02 Å². The summed E-state index contributed by atoms with van der Waals surface area (Å²) in [5.74, 6) is 0. The average Bonchev–Trinajstić information content (AvgIpc) is 2.93. The minimum absolute atomic E-state index is 0.405. The highest BCUT2D eigenvalue weighted by Crippen LogP contribution is 2.35. The van der Waals surface area contributed by atoms with Crippen LogP contribution in [0.3, 0.4) is 0 Å². The fourth-order valence-electron chi connectivity index (χ4n) is 3.62. The van der Waals surface area contributed by atoms with Crippen molar-refractivity contribution in [2.75, 3.05) is 0 Å². The summed E-state index contributed by atoms with van der Waals surface area (Å²) in [6.07, 6.45) is 3.61. The van der Waals surface area contributed by atoms with Crippen LogP contribution >= 0.6 is 11.6 Å². The second-order valence-corrected chi connectivity index (χ2v) is 6.95. The van der Waals surface area contributed by atoms with E-state index in [-0.39, 0.29) is 0 Å². The number of aromatic amines is 1. The summed E-state index contributed by atoms with van der Waals surface area (Å²) < 4.78 is 0. The molecule has 0 amide bonds. The summed E-state index contributed by atoms with van der Waals surface area (Å²) in [4.78, 5) is 3.66. The maximum Gasteiger partial charge on any atom is 0.0478 e. The largest absolute Gasteiger partial charge is 0.357 e. The minimum atomic E-state index is 0.405. The van der Waals surface area contributed by atoms with Gasteiger partial charge in [0.15, 0.2) is 0 Å².